The van der Waals surface area contributed by atoms with E-state index in [9.17, 15) is 4.79 Å². The van der Waals surface area contributed by atoms with Crippen molar-refractivity contribution in [2.75, 3.05) is 11.9 Å². The molecule has 112 valence electrons. The number of carbonyl (C=O) groups is 1. The first-order chi connectivity index (χ1) is 10.0. The Kier molecular flexibility index (Phi) is 5.14. The van der Waals surface area contributed by atoms with Crippen molar-refractivity contribution in [2.45, 2.75) is 13.5 Å². The smallest absolute Gasteiger partial charge is 0.371 e. The third-order valence-corrected chi connectivity index (χ3v) is 3.43. The molecule has 1 heterocycles. The zero-order valence-corrected chi connectivity index (χ0v) is 13.5. The minimum Gasteiger partial charge on any atom is -0.491 e. The second kappa shape index (κ2) is 6.87. The first-order valence-corrected chi connectivity index (χ1v) is 7.36. The number of carboxylic acid groups (broad SMARTS) is 1. The highest BCUT2D eigenvalue weighted by Crippen LogP contribution is 2.36. The second-order valence-corrected chi connectivity index (χ2v) is 5.41. The fraction of sp³-hybridized carbons (Fsp3) is 0.214. The number of nitrogens with one attached hydrogen (secondary N) is 1. The van der Waals surface area contributed by atoms with Crippen molar-refractivity contribution in [3.05, 3.63) is 45.3 Å². The Bertz CT molecular complexity index is 656. The van der Waals surface area contributed by atoms with E-state index in [0.29, 0.717) is 35.4 Å². The van der Waals surface area contributed by atoms with Gasteiger partial charge in [0.2, 0.25) is 5.76 Å². The Morgan fingerprint density at radius 3 is 2.86 bits per heavy atom. The molecule has 5 nitrogen and oxygen atoms in total. The molecule has 0 atom stereocenters. The second-order valence-electron chi connectivity index (χ2n) is 4.12. The monoisotopic (exact) mass is 373 g/mol. The van der Waals surface area contributed by atoms with Crippen molar-refractivity contribution in [3.63, 3.8) is 0 Å². The summed E-state index contributed by atoms with van der Waals surface area (Å²) in [7, 11) is 0. The van der Waals surface area contributed by atoms with Gasteiger partial charge in [0, 0.05) is 5.02 Å². The van der Waals surface area contributed by atoms with E-state index in [0.717, 1.165) is 4.47 Å². The summed E-state index contributed by atoms with van der Waals surface area (Å²) in [6.07, 6.45) is 0. The average Bonchev–Trinajstić information content (AvgIpc) is 2.89. The van der Waals surface area contributed by atoms with Gasteiger partial charge in [0.1, 0.15) is 5.76 Å². The molecule has 7 heteroatoms. The highest BCUT2D eigenvalue weighted by molar-refractivity contribution is 9.10. The van der Waals surface area contributed by atoms with E-state index in [1.165, 1.54) is 6.07 Å². The molecular weight excluding hydrogens is 362 g/mol. The lowest BCUT2D eigenvalue weighted by Gasteiger charge is -2.14. The maximum Gasteiger partial charge on any atom is 0.371 e. The van der Waals surface area contributed by atoms with Gasteiger partial charge >= 0.3 is 5.97 Å². The topological polar surface area (TPSA) is 71.7 Å². The summed E-state index contributed by atoms with van der Waals surface area (Å²) in [5.41, 5.74) is 0.699. The summed E-state index contributed by atoms with van der Waals surface area (Å²) >= 11 is 9.42. The van der Waals surface area contributed by atoms with E-state index in [4.69, 9.17) is 25.9 Å². The Balaban J connectivity index is 2.16. The van der Waals surface area contributed by atoms with E-state index in [2.05, 4.69) is 21.2 Å². The van der Waals surface area contributed by atoms with Gasteiger partial charge in [0.15, 0.2) is 5.75 Å². The van der Waals surface area contributed by atoms with Crippen molar-refractivity contribution in [1.29, 1.82) is 0 Å². The standard InChI is InChI=1S/C14H13BrClNO4/c1-2-20-13-10(15)5-8(16)6-11(13)17-7-9-3-4-12(21-9)14(18)19/h3-6,17H,2,7H2,1H3,(H,18,19). The van der Waals surface area contributed by atoms with Crippen LogP contribution in [0.2, 0.25) is 5.02 Å². The van der Waals surface area contributed by atoms with Crippen LogP contribution in [-0.4, -0.2) is 17.7 Å². The summed E-state index contributed by atoms with van der Waals surface area (Å²) in [6, 6.07) is 6.50. The molecule has 0 aliphatic rings. The predicted octanol–water partition coefficient (Wildman–Crippen LogP) is 4.40. The molecule has 2 N–H and O–H groups in total. The lowest BCUT2D eigenvalue weighted by molar-refractivity contribution is 0.0660. The number of benzene rings is 1. The molecule has 1 aromatic heterocycles. The van der Waals surface area contributed by atoms with Gasteiger partial charge in [-0.1, -0.05) is 11.6 Å². The van der Waals surface area contributed by atoms with Gasteiger partial charge in [-0.2, -0.15) is 0 Å². The Hall–Kier alpha value is -1.66. The van der Waals surface area contributed by atoms with Gasteiger partial charge in [0.05, 0.1) is 23.3 Å². The van der Waals surface area contributed by atoms with Crippen LogP contribution in [0.25, 0.3) is 0 Å². The van der Waals surface area contributed by atoms with Gasteiger partial charge in [-0.25, -0.2) is 4.79 Å². The number of ether oxygens (including phenoxy) is 1. The van der Waals surface area contributed by atoms with Crippen molar-refractivity contribution < 1.29 is 19.1 Å². The maximum absolute atomic E-state index is 10.8. The van der Waals surface area contributed by atoms with Crippen LogP contribution in [0.3, 0.4) is 0 Å². The predicted molar refractivity (Wildman–Crippen MR) is 83.3 cm³/mol. The lowest BCUT2D eigenvalue weighted by atomic mass is 10.3. The van der Waals surface area contributed by atoms with Crippen molar-refractivity contribution >= 4 is 39.2 Å². The van der Waals surface area contributed by atoms with Crippen LogP contribution in [0.4, 0.5) is 5.69 Å². The van der Waals surface area contributed by atoms with Gasteiger partial charge in [-0.3, -0.25) is 0 Å². The molecule has 0 saturated carbocycles. The summed E-state index contributed by atoms with van der Waals surface area (Å²) in [5, 5.41) is 12.5. The Morgan fingerprint density at radius 1 is 1.48 bits per heavy atom. The number of rotatable bonds is 6. The van der Waals surface area contributed by atoms with E-state index in [1.807, 2.05) is 6.92 Å². The first-order valence-electron chi connectivity index (χ1n) is 6.19. The van der Waals surface area contributed by atoms with Crippen LogP contribution in [-0.2, 0) is 6.54 Å². The van der Waals surface area contributed by atoms with Crippen molar-refractivity contribution in [1.82, 2.24) is 0 Å². The third-order valence-electron chi connectivity index (χ3n) is 2.62. The SMILES string of the molecule is CCOc1c(Br)cc(Cl)cc1NCc1ccc(C(=O)O)o1. The fourth-order valence-corrected chi connectivity index (χ4v) is 2.68. The number of hydrogen-bond acceptors (Lipinski definition) is 4. The van der Waals surface area contributed by atoms with Crippen LogP contribution >= 0.6 is 27.5 Å². The summed E-state index contributed by atoms with van der Waals surface area (Å²) in [5.74, 6) is -0.0382. The largest absolute Gasteiger partial charge is 0.491 e. The van der Waals surface area contributed by atoms with Crippen LogP contribution in [0.1, 0.15) is 23.2 Å². The Labute approximate surface area is 135 Å². The van der Waals surface area contributed by atoms with E-state index in [1.54, 1.807) is 18.2 Å². The molecule has 0 bridgehead atoms. The third kappa shape index (κ3) is 3.92. The minimum atomic E-state index is -1.10. The molecule has 0 amide bonds. The van der Waals surface area contributed by atoms with Crippen molar-refractivity contribution in [3.8, 4) is 5.75 Å². The van der Waals surface area contributed by atoms with Crippen molar-refractivity contribution in [2.24, 2.45) is 0 Å². The number of aromatic carboxylic acids is 1. The van der Waals surface area contributed by atoms with Crippen LogP contribution in [0, 0.1) is 0 Å². The summed E-state index contributed by atoms with van der Waals surface area (Å²) in [4.78, 5) is 10.8. The Morgan fingerprint density at radius 2 is 2.24 bits per heavy atom. The zero-order valence-electron chi connectivity index (χ0n) is 11.2. The molecular formula is C14H13BrClNO4. The molecule has 2 aromatic rings. The molecule has 0 fully saturated rings. The number of hydrogen-bond donors (Lipinski definition) is 2. The molecule has 0 spiro atoms. The molecule has 0 aliphatic carbocycles. The molecule has 0 aliphatic heterocycles. The average molecular weight is 375 g/mol. The fourth-order valence-electron chi connectivity index (χ4n) is 1.75. The van der Waals surface area contributed by atoms with E-state index in [-0.39, 0.29) is 5.76 Å². The summed E-state index contributed by atoms with van der Waals surface area (Å²) < 4.78 is 11.5. The zero-order chi connectivity index (χ0) is 15.4. The van der Waals surface area contributed by atoms with Gasteiger partial charge in [-0.15, -0.1) is 0 Å². The highest BCUT2D eigenvalue weighted by Gasteiger charge is 2.12. The normalized spacial score (nSPS) is 10.4. The van der Waals surface area contributed by atoms with E-state index < -0.39 is 5.97 Å². The highest BCUT2D eigenvalue weighted by atomic mass is 79.9. The number of anilines is 1. The first kappa shape index (κ1) is 15.7. The maximum atomic E-state index is 10.8. The number of furan rings is 1. The number of carboxylic acids is 1. The molecule has 1 aromatic carbocycles. The quantitative estimate of drug-likeness (QED) is 0.784. The van der Waals surface area contributed by atoms with Crippen LogP contribution in [0.15, 0.2) is 33.2 Å². The molecule has 0 saturated heterocycles. The van der Waals surface area contributed by atoms with Crippen LogP contribution < -0.4 is 10.1 Å². The van der Waals surface area contributed by atoms with E-state index >= 15 is 0 Å². The molecule has 2 rings (SSSR count). The number of halogens is 2. The van der Waals surface area contributed by atoms with Gasteiger partial charge in [-0.05, 0) is 47.1 Å². The van der Waals surface area contributed by atoms with Gasteiger partial charge in [0.25, 0.3) is 0 Å². The molecule has 0 radical (unpaired) electrons. The van der Waals surface area contributed by atoms with Crippen LogP contribution in [0.5, 0.6) is 5.75 Å². The molecule has 0 unspecified atom stereocenters. The summed E-state index contributed by atoms with van der Waals surface area (Å²) in [6.45, 7) is 2.72. The van der Waals surface area contributed by atoms with Gasteiger partial charge < -0.3 is 19.6 Å². The minimum absolute atomic E-state index is 0.0934. The lowest BCUT2D eigenvalue weighted by Crippen LogP contribution is -2.03. The molecule has 21 heavy (non-hydrogen) atoms.